The van der Waals surface area contributed by atoms with Crippen LogP contribution in [0.2, 0.25) is 0 Å². The fourth-order valence-electron chi connectivity index (χ4n) is 2.56. The third-order valence-electron chi connectivity index (χ3n) is 3.69. The van der Waals surface area contributed by atoms with Crippen LogP contribution >= 0.6 is 0 Å². The van der Waals surface area contributed by atoms with Crippen LogP contribution in [-0.2, 0) is 16.1 Å². The number of carbonyl (C=O) groups is 1. The maximum absolute atomic E-state index is 11.9. The minimum absolute atomic E-state index is 0.0447. The highest BCUT2D eigenvalue weighted by molar-refractivity contribution is 5.81. The standard InChI is InChI=1S/C18H24N2O4/c1-13-5-6-15-14(10-18(22)24-16(15)9-13)11-20(2)12-17(21)19-7-4-8-23-3/h5-6,9-10H,4,7-8,11-12H2,1-3H3,(H,19,21). The Hall–Kier alpha value is -2.18. The van der Waals surface area contributed by atoms with E-state index in [0.717, 1.165) is 22.9 Å². The molecule has 1 heterocycles. The number of nitrogens with zero attached hydrogens (tertiary/aromatic N) is 1. The third kappa shape index (κ3) is 5.18. The van der Waals surface area contributed by atoms with Gasteiger partial charge in [-0.1, -0.05) is 12.1 Å². The fourth-order valence-corrected chi connectivity index (χ4v) is 2.56. The monoisotopic (exact) mass is 332 g/mol. The summed E-state index contributed by atoms with van der Waals surface area (Å²) in [5.41, 5.74) is 2.10. The molecule has 6 heteroatoms. The van der Waals surface area contributed by atoms with Crippen molar-refractivity contribution < 1.29 is 13.9 Å². The van der Waals surface area contributed by atoms with Gasteiger partial charge < -0.3 is 14.5 Å². The molecule has 1 aromatic heterocycles. The first kappa shape index (κ1) is 18.2. The number of hydrogen-bond acceptors (Lipinski definition) is 5. The van der Waals surface area contributed by atoms with Crippen LogP contribution in [-0.4, -0.2) is 44.7 Å². The maximum Gasteiger partial charge on any atom is 0.336 e. The molecule has 0 bridgehead atoms. The van der Waals surface area contributed by atoms with Gasteiger partial charge in [-0.05, 0) is 37.6 Å². The van der Waals surface area contributed by atoms with Crippen LogP contribution in [0.5, 0.6) is 0 Å². The SMILES string of the molecule is COCCCNC(=O)CN(C)Cc1cc(=O)oc2cc(C)ccc12. The number of nitrogens with one attached hydrogen (secondary N) is 1. The van der Waals surface area contributed by atoms with Crippen molar-refractivity contribution in [3.63, 3.8) is 0 Å². The van der Waals surface area contributed by atoms with Gasteiger partial charge in [-0.15, -0.1) is 0 Å². The second kappa shape index (κ2) is 8.61. The molecule has 0 spiro atoms. The number of fused-ring (bicyclic) bond motifs is 1. The number of carbonyl (C=O) groups excluding carboxylic acids is 1. The number of benzene rings is 1. The summed E-state index contributed by atoms with van der Waals surface area (Å²) in [5, 5.41) is 3.75. The molecule has 24 heavy (non-hydrogen) atoms. The zero-order valence-corrected chi connectivity index (χ0v) is 14.4. The largest absolute Gasteiger partial charge is 0.423 e. The van der Waals surface area contributed by atoms with Gasteiger partial charge in [0, 0.05) is 38.3 Å². The van der Waals surface area contributed by atoms with E-state index in [9.17, 15) is 9.59 Å². The van der Waals surface area contributed by atoms with E-state index < -0.39 is 0 Å². The molecule has 1 amide bonds. The predicted octanol–water partition coefficient (Wildman–Crippen LogP) is 1.69. The molecule has 0 radical (unpaired) electrons. The molecule has 0 saturated carbocycles. The molecular formula is C18H24N2O4. The average molecular weight is 332 g/mol. The van der Waals surface area contributed by atoms with Crippen molar-refractivity contribution in [1.29, 1.82) is 0 Å². The summed E-state index contributed by atoms with van der Waals surface area (Å²) in [6, 6.07) is 7.27. The van der Waals surface area contributed by atoms with Crippen molar-refractivity contribution in [1.82, 2.24) is 10.2 Å². The second-order valence-electron chi connectivity index (χ2n) is 5.96. The van der Waals surface area contributed by atoms with Crippen molar-refractivity contribution in [3.05, 3.63) is 45.8 Å². The summed E-state index contributed by atoms with van der Waals surface area (Å²) < 4.78 is 10.2. The van der Waals surface area contributed by atoms with E-state index >= 15 is 0 Å². The Balaban J connectivity index is 2.01. The Labute approximate surface area is 141 Å². The molecule has 0 unspecified atom stereocenters. The van der Waals surface area contributed by atoms with E-state index in [-0.39, 0.29) is 18.1 Å². The van der Waals surface area contributed by atoms with Crippen LogP contribution in [0, 0.1) is 6.92 Å². The van der Waals surface area contributed by atoms with E-state index in [2.05, 4.69) is 5.32 Å². The Bertz CT molecular complexity index is 754. The van der Waals surface area contributed by atoms with E-state index in [4.69, 9.17) is 9.15 Å². The maximum atomic E-state index is 11.9. The average Bonchev–Trinajstić information content (AvgIpc) is 2.50. The molecule has 0 aliphatic rings. The normalized spacial score (nSPS) is 11.2. The van der Waals surface area contributed by atoms with Gasteiger partial charge in [0.1, 0.15) is 5.58 Å². The topological polar surface area (TPSA) is 71.8 Å². The van der Waals surface area contributed by atoms with E-state index in [1.165, 1.54) is 6.07 Å². The zero-order valence-electron chi connectivity index (χ0n) is 14.4. The summed E-state index contributed by atoms with van der Waals surface area (Å²) in [7, 11) is 3.49. The van der Waals surface area contributed by atoms with Gasteiger partial charge >= 0.3 is 5.63 Å². The minimum atomic E-state index is -0.375. The molecule has 0 aliphatic carbocycles. The Morgan fingerprint density at radius 3 is 2.88 bits per heavy atom. The number of aryl methyl sites for hydroxylation is 1. The summed E-state index contributed by atoms with van der Waals surface area (Å²) >= 11 is 0. The Kier molecular flexibility index (Phi) is 6.52. The molecule has 0 aliphatic heterocycles. The smallest absolute Gasteiger partial charge is 0.336 e. The fraction of sp³-hybridized carbons (Fsp3) is 0.444. The van der Waals surface area contributed by atoms with Crippen molar-refractivity contribution >= 4 is 16.9 Å². The highest BCUT2D eigenvalue weighted by Crippen LogP contribution is 2.19. The van der Waals surface area contributed by atoms with Crippen molar-refractivity contribution in [3.8, 4) is 0 Å². The quantitative estimate of drug-likeness (QED) is 0.588. The van der Waals surface area contributed by atoms with Crippen LogP contribution in [0.15, 0.2) is 33.5 Å². The van der Waals surface area contributed by atoms with Gasteiger partial charge in [-0.2, -0.15) is 0 Å². The molecule has 1 N–H and O–H groups in total. The summed E-state index contributed by atoms with van der Waals surface area (Å²) in [6.45, 7) is 3.93. The number of ether oxygens (including phenoxy) is 1. The Morgan fingerprint density at radius 2 is 2.12 bits per heavy atom. The molecule has 0 atom stereocenters. The van der Waals surface area contributed by atoms with Crippen molar-refractivity contribution in [2.24, 2.45) is 0 Å². The third-order valence-corrected chi connectivity index (χ3v) is 3.69. The van der Waals surface area contributed by atoms with Crippen LogP contribution in [0.3, 0.4) is 0 Å². The lowest BCUT2D eigenvalue weighted by atomic mass is 10.1. The van der Waals surface area contributed by atoms with Crippen LogP contribution in [0.4, 0.5) is 0 Å². The molecule has 130 valence electrons. The Morgan fingerprint density at radius 1 is 1.33 bits per heavy atom. The van der Waals surface area contributed by atoms with Gasteiger partial charge in [0.25, 0.3) is 0 Å². The number of amides is 1. The first-order valence-corrected chi connectivity index (χ1v) is 7.97. The highest BCUT2D eigenvalue weighted by atomic mass is 16.5. The van der Waals surface area contributed by atoms with Gasteiger partial charge in [-0.3, -0.25) is 9.69 Å². The molecule has 1 aromatic carbocycles. The van der Waals surface area contributed by atoms with Crippen LogP contribution in [0.25, 0.3) is 11.0 Å². The highest BCUT2D eigenvalue weighted by Gasteiger charge is 2.11. The molecule has 2 rings (SSSR count). The number of rotatable bonds is 8. The number of hydrogen-bond donors (Lipinski definition) is 1. The minimum Gasteiger partial charge on any atom is -0.423 e. The predicted molar refractivity (Wildman–Crippen MR) is 93.1 cm³/mol. The number of likely N-dealkylation sites (N-methyl/N-ethyl adjacent to an activating group) is 1. The zero-order chi connectivity index (χ0) is 17.5. The summed E-state index contributed by atoms with van der Waals surface area (Å²) in [4.78, 5) is 25.5. The van der Waals surface area contributed by atoms with Crippen LogP contribution in [0.1, 0.15) is 17.5 Å². The van der Waals surface area contributed by atoms with Crippen LogP contribution < -0.4 is 10.9 Å². The summed E-state index contributed by atoms with van der Waals surface area (Å²) in [6.07, 6.45) is 0.787. The lowest BCUT2D eigenvalue weighted by Crippen LogP contribution is -2.35. The van der Waals surface area contributed by atoms with Gasteiger partial charge in [0.2, 0.25) is 5.91 Å². The van der Waals surface area contributed by atoms with E-state index in [1.807, 2.05) is 37.1 Å². The second-order valence-corrected chi connectivity index (χ2v) is 5.96. The van der Waals surface area contributed by atoms with Gasteiger partial charge in [-0.25, -0.2) is 4.79 Å². The molecular weight excluding hydrogens is 308 g/mol. The molecule has 2 aromatic rings. The molecule has 0 saturated heterocycles. The van der Waals surface area contributed by atoms with Crippen molar-refractivity contribution in [2.75, 3.05) is 33.9 Å². The lowest BCUT2D eigenvalue weighted by molar-refractivity contribution is -0.122. The molecule has 6 nitrogen and oxygen atoms in total. The summed E-state index contributed by atoms with van der Waals surface area (Å²) in [5.74, 6) is -0.0447. The first-order chi connectivity index (χ1) is 11.5. The first-order valence-electron chi connectivity index (χ1n) is 7.97. The van der Waals surface area contributed by atoms with Gasteiger partial charge in [0.15, 0.2) is 0 Å². The van der Waals surface area contributed by atoms with Crippen molar-refractivity contribution in [2.45, 2.75) is 19.9 Å². The number of methoxy groups -OCH3 is 1. The lowest BCUT2D eigenvalue weighted by Gasteiger charge is -2.17. The van der Waals surface area contributed by atoms with Gasteiger partial charge in [0.05, 0.1) is 6.54 Å². The van der Waals surface area contributed by atoms with E-state index in [0.29, 0.717) is 25.3 Å². The molecule has 0 fully saturated rings. The van der Waals surface area contributed by atoms with E-state index in [1.54, 1.807) is 7.11 Å².